The number of para-hydroxylation sites is 2. The molecule has 3 nitrogen and oxygen atoms in total. The van der Waals surface area contributed by atoms with Gasteiger partial charge in [-0.05, 0) is 18.2 Å². The summed E-state index contributed by atoms with van der Waals surface area (Å²) < 4.78 is 8.66. The lowest BCUT2D eigenvalue weighted by Gasteiger charge is -2.02. The number of hydrogen-bond donors (Lipinski definition) is 0. The van der Waals surface area contributed by atoms with Crippen molar-refractivity contribution >= 4 is 27.5 Å². The van der Waals surface area contributed by atoms with Crippen molar-refractivity contribution in [1.82, 2.24) is 0 Å². The Morgan fingerprint density at radius 1 is 0.840 bits per heavy atom. The van der Waals surface area contributed by atoms with Crippen molar-refractivity contribution in [2.45, 2.75) is 6.54 Å². The quantitative estimate of drug-likeness (QED) is 0.310. The zero-order valence-corrected chi connectivity index (χ0v) is 14.3. The summed E-state index contributed by atoms with van der Waals surface area (Å²) in [7, 11) is 0. The van der Waals surface area contributed by atoms with Gasteiger partial charge >= 0.3 is 11.0 Å². The van der Waals surface area contributed by atoms with Crippen molar-refractivity contribution in [2.75, 3.05) is 0 Å². The molecule has 122 valence electrons. The minimum atomic E-state index is -0.330. The number of carbonyl (C=O) groups is 1. The first-order valence-electron chi connectivity index (χ1n) is 8.04. The van der Waals surface area contributed by atoms with E-state index in [1.54, 1.807) is 12.1 Å². The molecule has 0 bridgehead atoms. The van der Waals surface area contributed by atoms with Crippen LogP contribution in [-0.4, -0.2) is 5.97 Å². The minimum Gasteiger partial charge on any atom is -0.418 e. The van der Waals surface area contributed by atoms with Crippen LogP contribution < -0.4 is 9.30 Å². The summed E-state index contributed by atoms with van der Waals surface area (Å²) in [5.41, 5.74) is 2.18. The van der Waals surface area contributed by atoms with Gasteiger partial charge in [-0.15, -0.1) is 0 Å². The van der Waals surface area contributed by atoms with Crippen LogP contribution in [0, 0.1) is 0 Å². The molecule has 0 atom stereocenters. The molecule has 3 aromatic carbocycles. The second-order valence-corrected chi connectivity index (χ2v) is 6.68. The van der Waals surface area contributed by atoms with Crippen LogP contribution in [-0.2, 0) is 6.54 Å². The first-order chi connectivity index (χ1) is 12.3. The van der Waals surface area contributed by atoms with Gasteiger partial charge in [-0.3, -0.25) is 0 Å². The summed E-state index contributed by atoms with van der Waals surface area (Å²) in [4.78, 5) is 12.8. The van der Waals surface area contributed by atoms with E-state index in [9.17, 15) is 4.79 Å². The van der Waals surface area contributed by atoms with Crippen LogP contribution in [0.1, 0.15) is 15.4 Å². The molecule has 0 saturated heterocycles. The number of benzene rings is 3. The predicted molar refractivity (Wildman–Crippen MR) is 99.0 cm³/mol. The van der Waals surface area contributed by atoms with Gasteiger partial charge in [-0.25, -0.2) is 4.79 Å². The maximum atomic E-state index is 12.8. The van der Waals surface area contributed by atoms with E-state index in [-0.39, 0.29) is 5.97 Å². The number of rotatable bonds is 4. The minimum absolute atomic E-state index is 0.330. The van der Waals surface area contributed by atoms with Crippen LogP contribution in [0.15, 0.2) is 84.9 Å². The summed E-state index contributed by atoms with van der Waals surface area (Å²) >= 11 is 1.46. The number of carbonyl (C=O) groups excluding carboxylic acids is 1. The molecular formula is C21H16NO2S+. The number of aromatic nitrogens is 1. The third kappa shape index (κ3) is 3.30. The molecular weight excluding hydrogens is 330 g/mol. The van der Waals surface area contributed by atoms with E-state index in [4.69, 9.17) is 4.74 Å². The van der Waals surface area contributed by atoms with Crippen molar-refractivity contribution in [3.8, 4) is 5.75 Å². The van der Waals surface area contributed by atoms with Gasteiger partial charge in [0, 0.05) is 11.6 Å². The molecule has 4 heteroatoms. The largest absolute Gasteiger partial charge is 0.420 e. The van der Waals surface area contributed by atoms with E-state index in [0.29, 0.717) is 17.3 Å². The molecule has 4 aromatic rings. The van der Waals surface area contributed by atoms with E-state index < -0.39 is 0 Å². The van der Waals surface area contributed by atoms with Gasteiger partial charge in [0.1, 0.15) is 10.4 Å². The maximum absolute atomic E-state index is 12.8. The average molecular weight is 346 g/mol. The summed E-state index contributed by atoms with van der Waals surface area (Å²) in [5.74, 6) is 0.222. The highest BCUT2D eigenvalue weighted by atomic mass is 32.1. The smallest absolute Gasteiger partial charge is 0.418 e. The fourth-order valence-electron chi connectivity index (χ4n) is 2.75. The highest BCUT2D eigenvalue weighted by molar-refractivity contribution is 7.19. The molecule has 0 spiro atoms. The number of fused-ring (bicyclic) bond motifs is 1. The SMILES string of the molecule is O=C(Oc1ccccc1)c1sc2ccccc2[n+]1Cc1ccccc1. The Balaban J connectivity index is 1.74. The van der Waals surface area contributed by atoms with Gasteiger partial charge in [-0.2, -0.15) is 4.57 Å². The van der Waals surface area contributed by atoms with Gasteiger partial charge in [0.2, 0.25) is 5.52 Å². The zero-order chi connectivity index (χ0) is 17.1. The van der Waals surface area contributed by atoms with Crippen molar-refractivity contribution in [1.29, 1.82) is 0 Å². The van der Waals surface area contributed by atoms with Crippen molar-refractivity contribution in [3.05, 3.63) is 95.5 Å². The van der Waals surface area contributed by atoms with Crippen molar-refractivity contribution in [2.24, 2.45) is 0 Å². The summed E-state index contributed by atoms with van der Waals surface area (Å²) in [6.45, 7) is 0.629. The first kappa shape index (κ1) is 15.5. The summed E-state index contributed by atoms with van der Waals surface area (Å²) in [5, 5.41) is 0.592. The lowest BCUT2D eigenvalue weighted by molar-refractivity contribution is -0.660. The topological polar surface area (TPSA) is 30.2 Å². The fraction of sp³-hybridized carbons (Fsp3) is 0.0476. The molecule has 0 aliphatic rings. The number of hydrogen-bond acceptors (Lipinski definition) is 3. The number of esters is 1. The summed E-state index contributed by atoms with van der Waals surface area (Å²) in [6, 6.07) is 27.3. The zero-order valence-electron chi connectivity index (χ0n) is 13.5. The number of ether oxygens (including phenoxy) is 1. The van der Waals surface area contributed by atoms with Crippen molar-refractivity contribution < 1.29 is 14.1 Å². The maximum Gasteiger partial charge on any atom is 0.420 e. The van der Waals surface area contributed by atoms with Gasteiger partial charge in [0.25, 0.3) is 0 Å². The van der Waals surface area contributed by atoms with Crippen LogP contribution in [0.5, 0.6) is 5.75 Å². The standard InChI is InChI=1S/C21H16NO2S/c23-21(24-17-11-5-2-6-12-17)20-22(15-16-9-3-1-4-10-16)18-13-7-8-14-19(18)25-20/h1-14H,15H2/q+1. The van der Waals surface area contributed by atoms with Crippen LogP contribution in [0.3, 0.4) is 0 Å². The molecule has 4 rings (SSSR count). The van der Waals surface area contributed by atoms with Gasteiger partial charge in [0.05, 0.1) is 0 Å². The molecule has 0 fully saturated rings. The van der Waals surface area contributed by atoms with Crippen LogP contribution in [0.4, 0.5) is 0 Å². The molecule has 0 amide bonds. The van der Waals surface area contributed by atoms with E-state index in [1.165, 1.54) is 11.3 Å². The predicted octanol–water partition coefficient (Wildman–Crippen LogP) is 4.46. The molecule has 0 saturated carbocycles. The fourth-order valence-corrected chi connectivity index (χ4v) is 3.78. The molecule has 0 N–H and O–H groups in total. The van der Waals surface area contributed by atoms with Gasteiger partial charge in [-0.1, -0.05) is 72.0 Å². The van der Waals surface area contributed by atoms with E-state index in [0.717, 1.165) is 15.8 Å². The molecule has 0 aliphatic carbocycles. The van der Waals surface area contributed by atoms with E-state index in [1.807, 2.05) is 65.2 Å². The Labute approximate surface area is 149 Å². The van der Waals surface area contributed by atoms with Gasteiger partial charge < -0.3 is 4.74 Å². The Kier molecular flexibility index (Phi) is 4.27. The number of nitrogens with zero attached hydrogens (tertiary/aromatic N) is 1. The highest BCUT2D eigenvalue weighted by Gasteiger charge is 2.28. The third-order valence-corrected chi connectivity index (χ3v) is 5.07. The van der Waals surface area contributed by atoms with Crippen molar-refractivity contribution in [3.63, 3.8) is 0 Å². The molecule has 1 aromatic heterocycles. The molecule has 0 unspecified atom stereocenters. The second kappa shape index (κ2) is 6.87. The Bertz CT molecular complexity index is 1010. The highest BCUT2D eigenvalue weighted by Crippen LogP contribution is 2.22. The van der Waals surface area contributed by atoms with Gasteiger partial charge in [0.15, 0.2) is 6.54 Å². The van der Waals surface area contributed by atoms with E-state index >= 15 is 0 Å². The monoisotopic (exact) mass is 346 g/mol. The van der Waals surface area contributed by atoms with Crippen LogP contribution >= 0.6 is 11.3 Å². The van der Waals surface area contributed by atoms with E-state index in [2.05, 4.69) is 12.1 Å². The first-order valence-corrected chi connectivity index (χ1v) is 8.85. The molecule has 25 heavy (non-hydrogen) atoms. The van der Waals surface area contributed by atoms with Crippen LogP contribution in [0.25, 0.3) is 10.2 Å². The third-order valence-electron chi connectivity index (χ3n) is 3.92. The molecule has 0 radical (unpaired) electrons. The lowest BCUT2D eigenvalue weighted by Crippen LogP contribution is -2.39. The lowest BCUT2D eigenvalue weighted by atomic mass is 10.2. The second-order valence-electron chi connectivity index (χ2n) is 5.65. The average Bonchev–Trinajstić information content (AvgIpc) is 3.02. The normalized spacial score (nSPS) is 10.7. The number of thiazole rings is 1. The Morgan fingerprint density at radius 2 is 1.48 bits per heavy atom. The Hall–Kier alpha value is -2.98. The Morgan fingerprint density at radius 3 is 2.24 bits per heavy atom. The molecule has 1 heterocycles. The summed E-state index contributed by atoms with van der Waals surface area (Å²) in [6.07, 6.45) is 0. The van der Waals surface area contributed by atoms with Crippen LogP contribution in [0.2, 0.25) is 0 Å². The molecule has 0 aliphatic heterocycles.